The zero-order valence-corrected chi connectivity index (χ0v) is 9.55. The molecule has 3 rings (SSSR count). The number of aliphatic hydroxyl groups excluding tert-OH is 1. The maximum absolute atomic E-state index is 13.1. The van der Waals surface area contributed by atoms with Gasteiger partial charge >= 0.3 is 0 Å². The van der Waals surface area contributed by atoms with Crippen LogP contribution in [-0.4, -0.2) is 10.7 Å². The Morgan fingerprint density at radius 3 is 2.87 bits per heavy atom. The van der Waals surface area contributed by atoms with Crippen molar-refractivity contribution in [3.8, 4) is 5.75 Å². The molecular formula is C11H10BrFO2. The Labute approximate surface area is 95.2 Å². The predicted molar refractivity (Wildman–Crippen MR) is 56.3 cm³/mol. The Kier molecular flexibility index (Phi) is 1.89. The molecule has 1 aliphatic carbocycles. The summed E-state index contributed by atoms with van der Waals surface area (Å²) in [6.07, 6.45) is 1.93. The van der Waals surface area contributed by atoms with Crippen molar-refractivity contribution in [2.24, 2.45) is 0 Å². The first-order valence-electron chi connectivity index (χ1n) is 4.96. The van der Waals surface area contributed by atoms with Gasteiger partial charge in [0.05, 0.1) is 10.6 Å². The van der Waals surface area contributed by atoms with Gasteiger partial charge in [0, 0.05) is 12.0 Å². The molecule has 1 saturated carbocycles. The van der Waals surface area contributed by atoms with Crippen molar-refractivity contribution >= 4 is 15.9 Å². The largest absolute Gasteiger partial charge is 0.486 e. The highest BCUT2D eigenvalue weighted by Crippen LogP contribution is 2.53. The van der Waals surface area contributed by atoms with Gasteiger partial charge in [0.25, 0.3) is 0 Å². The summed E-state index contributed by atoms with van der Waals surface area (Å²) in [5.74, 6) is 0.252. The molecule has 1 aromatic rings. The van der Waals surface area contributed by atoms with Gasteiger partial charge in [0.15, 0.2) is 0 Å². The Morgan fingerprint density at radius 1 is 1.47 bits per heavy atom. The van der Waals surface area contributed by atoms with E-state index in [4.69, 9.17) is 4.74 Å². The Morgan fingerprint density at radius 2 is 2.20 bits per heavy atom. The van der Waals surface area contributed by atoms with Crippen LogP contribution in [0.25, 0.3) is 0 Å². The third-order valence-corrected chi connectivity index (χ3v) is 3.68. The molecule has 1 fully saturated rings. The van der Waals surface area contributed by atoms with Crippen LogP contribution in [0.2, 0.25) is 0 Å². The molecule has 1 N–H and O–H groups in total. The van der Waals surface area contributed by atoms with Crippen molar-refractivity contribution in [1.82, 2.24) is 0 Å². The van der Waals surface area contributed by atoms with Crippen LogP contribution in [0.5, 0.6) is 5.75 Å². The van der Waals surface area contributed by atoms with E-state index < -0.39 is 6.10 Å². The van der Waals surface area contributed by atoms with Crippen molar-refractivity contribution in [2.45, 2.75) is 31.0 Å². The van der Waals surface area contributed by atoms with Gasteiger partial charge in [-0.2, -0.15) is 0 Å². The molecule has 0 amide bonds. The molecule has 0 aromatic heterocycles. The summed E-state index contributed by atoms with van der Waals surface area (Å²) in [5, 5.41) is 9.92. The van der Waals surface area contributed by atoms with Crippen LogP contribution in [0.4, 0.5) is 4.39 Å². The van der Waals surface area contributed by atoms with E-state index in [9.17, 15) is 9.50 Å². The highest BCUT2D eigenvalue weighted by molar-refractivity contribution is 9.10. The molecule has 4 heteroatoms. The fraction of sp³-hybridized carbons (Fsp3) is 0.455. The molecule has 1 atom stereocenters. The number of hydrogen-bond acceptors (Lipinski definition) is 2. The second kappa shape index (κ2) is 2.95. The van der Waals surface area contributed by atoms with Crippen molar-refractivity contribution in [3.05, 3.63) is 28.0 Å². The van der Waals surface area contributed by atoms with Crippen LogP contribution < -0.4 is 4.74 Å². The van der Waals surface area contributed by atoms with E-state index in [0.717, 1.165) is 12.8 Å². The van der Waals surface area contributed by atoms with E-state index in [-0.39, 0.29) is 11.4 Å². The second-order valence-electron chi connectivity index (χ2n) is 4.31. The average Bonchev–Trinajstić information content (AvgIpc) is 2.88. The van der Waals surface area contributed by atoms with Crippen molar-refractivity contribution in [1.29, 1.82) is 0 Å². The number of benzene rings is 1. The van der Waals surface area contributed by atoms with Crippen LogP contribution in [-0.2, 0) is 0 Å². The molecule has 0 radical (unpaired) electrons. The number of rotatable bonds is 0. The molecule has 1 unspecified atom stereocenters. The SMILES string of the molecule is OC1CC2(CC2)Oc2c(Br)cc(F)cc21. The molecule has 2 aliphatic rings. The zero-order valence-electron chi connectivity index (χ0n) is 7.96. The van der Waals surface area contributed by atoms with Crippen LogP contribution in [0.15, 0.2) is 16.6 Å². The minimum atomic E-state index is -0.608. The summed E-state index contributed by atoms with van der Waals surface area (Å²) in [7, 11) is 0. The third-order valence-electron chi connectivity index (χ3n) is 3.09. The number of hydrogen-bond donors (Lipinski definition) is 1. The zero-order chi connectivity index (χ0) is 10.6. The summed E-state index contributed by atoms with van der Waals surface area (Å²) in [5.41, 5.74) is 0.381. The Hall–Kier alpha value is -0.610. The molecule has 1 spiro atoms. The smallest absolute Gasteiger partial charge is 0.140 e. The summed E-state index contributed by atoms with van der Waals surface area (Å²) in [4.78, 5) is 0. The summed E-state index contributed by atoms with van der Waals surface area (Å²) in [6.45, 7) is 0. The Bertz CT molecular complexity index is 429. The van der Waals surface area contributed by atoms with Crippen LogP contribution >= 0.6 is 15.9 Å². The average molecular weight is 273 g/mol. The summed E-state index contributed by atoms with van der Waals surface area (Å²) >= 11 is 3.26. The molecule has 2 nitrogen and oxygen atoms in total. The monoisotopic (exact) mass is 272 g/mol. The second-order valence-corrected chi connectivity index (χ2v) is 5.17. The van der Waals surface area contributed by atoms with Gasteiger partial charge < -0.3 is 9.84 Å². The molecule has 1 heterocycles. The molecule has 1 aromatic carbocycles. The van der Waals surface area contributed by atoms with E-state index in [1.807, 2.05) is 0 Å². The van der Waals surface area contributed by atoms with E-state index in [0.29, 0.717) is 22.2 Å². The number of halogens is 2. The van der Waals surface area contributed by atoms with E-state index in [1.165, 1.54) is 12.1 Å². The molecule has 0 bridgehead atoms. The highest BCUT2D eigenvalue weighted by atomic mass is 79.9. The van der Waals surface area contributed by atoms with Crippen LogP contribution in [0, 0.1) is 5.82 Å². The first-order chi connectivity index (χ1) is 7.10. The molecular weight excluding hydrogens is 263 g/mol. The van der Waals surface area contributed by atoms with Crippen LogP contribution in [0.1, 0.15) is 30.9 Å². The number of fused-ring (bicyclic) bond motifs is 1. The van der Waals surface area contributed by atoms with E-state index >= 15 is 0 Å². The van der Waals surface area contributed by atoms with Gasteiger partial charge in [-0.1, -0.05) is 0 Å². The highest BCUT2D eigenvalue weighted by Gasteiger charge is 2.50. The molecule has 80 valence electrons. The van der Waals surface area contributed by atoms with E-state index in [2.05, 4.69) is 15.9 Å². The lowest BCUT2D eigenvalue weighted by Gasteiger charge is -2.30. The maximum Gasteiger partial charge on any atom is 0.140 e. The molecule has 1 aliphatic heterocycles. The first-order valence-corrected chi connectivity index (χ1v) is 5.75. The first kappa shape index (κ1) is 9.60. The van der Waals surface area contributed by atoms with Gasteiger partial charge in [-0.15, -0.1) is 0 Å². The number of aliphatic hydroxyl groups is 1. The summed E-state index contributed by atoms with van der Waals surface area (Å²) in [6, 6.07) is 2.72. The van der Waals surface area contributed by atoms with E-state index in [1.54, 1.807) is 0 Å². The van der Waals surface area contributed by atoms with Crippen molar-refractivity contribution < 1.29 is 14.2 Å². The standard InChI is InChI=1S/C11H10BrFO2/c12-8-4-6(13)3-7-9(14)5-11(1-2-11)15-10(7)8/h3-4,9,14H,1-2,5H2. The maximum atomic E-state index is 13.1. The fourth-order valence-corrected chi connectivity index (χ4v) is 2.63. The third kappa shape index (κ3) is 1.47. The van der Waals surface area contributed by atoms with Gasteiger partial charge in [0.1, 0.15) is 17.2 Å². The van der Waals surface area contributed by atoms with Gasteiger partial charge in [-0.25, -0.2) is 4.39 Å². The normalized spacial score (nSPS) is 25.9. The minimum absolute atomic E-state index is 0.174. The topological polar surface area (TPSA) is 29.5 Å². The molecule has 15 heavy (non-hydrogen) atoms. The fourth-order valence-electron chi connectivity index (χ4n) is 2.10. The van der Waals surface area contributed by atoms with Gasteiger partial charge in [-0.05, 0) is 40.9 Å². The quantitative estimate of drug-likeness (QED) is 0.787. The lowest BCUT2D eigenvalue weighted by atomic mass is 9.98. The number of ether oxygens (including phenoxy) is 1. The van der Waals surface area contributed by atoms with Gasteiger partial charge in [0.2, 0.25) is 0 Å². The summed E-state index contributed by atoms with van der Waals surface area (Å²) < 4.78 is 19.5. The van der Waals surface area contributed by atoms with Gasteiger partial charge in [-0.3, -0.25) is 0 Å². The lowest BCUT2D eigenvalue weighted by Crippen LogP contribution is -2.27. The van der Waals surface area contributed by atoms with Crippen LogP contribution in [0.3, 0.4) is 0 Å². The minimum Gasteiger partial charge on any atom is -0.486 e. The predicted octanol–water partition coefficient (Wildman–Crippen LogP) is 2.94. The Balaban J connectivity index is 2.12. The molecule has 0 saturated heterocycles. The van der Waals surface area contributed by atoms with Crippen molar-refractivity contribution in [2.75, 3.05) is 0 Å². The lowest BCUT2D eigenvalue weighted by molar-refractivity contribution is 0.0505. The van der Waals surface area contributed by atoms with Crippen molar-refractivity contribution in [3.63, 3.8) is 0 Å².